The van der Waals surface area contributed by atoms with Gasteiger partial charge in [-0.05, 0) is 22.4 Å². The summed E-state index contributed by atoms with van der Waals surface area (Å²) in [5, 5.41) is 7.10. The molecule has 8 heteroatoms. The highest BCUT2D eigenvalue weighted by molar-refractivity contribution is 9.10. The molecule has 2 aromatic rings. The summed E-state index contributed by atoms with van der Waals surface area (Å²) in [5.41, 5.74) is 0. The van der Waals surface area contributed by atoms with E-state index in [-0.39, 0.29) is 6.01 Å². The molecule has 2 rings (SSSR count). The molecule has 0 saturated heterocycles. The van der Waals surface area contributed by atoms with Crippen molar-refractivity contribution in [1.82, 2.24) is 24.7 Å². The Bertz CT molecular complexity index is 529. The second-order valence-corrected chi connectivity index (χ2v) is 4.43. The third-order valence-electron chi connectivity index (χ3n) is 2.01. The zero-order valence-electron chi connectivity index (χ0n) is 10.1. The van der Waals surface area contributed by atoms with Crippen LogP contribution in [-0.2, 0) is 7.05 Å². The first-order valence-corrected chi connectivity index (χ1v) is 6.28. The van der Waals surface area contributed by atoms with E-state index >= 15 is 0 Å². The van der Waals surface area contributed by atoms with Crippen molar-refractivity contribution in [1.29, 1.82) is 0 Å². The molecule has 1 N–H and O–H groups in total. The summed E-state index contributed by atoms with van der Waals surface area (Å²) in [6.07, 6.45) is 4.18. The second kappa shape index (κ2) is 5.76. The Kier molecular flexibility index (Phi) is 4.08. The highest BCUT2D eigenvalue weighted by atomic mass is 79.9. The van der Waals surface area contributed by atoms with Gasteiger partial charge in [-0.15, -0.1) is 5.10 Å². The molecule has 96 valence electrons. The van der Waals surface area contributed by atoms with Gasteiger partial charge in [0.25, 0.3) is 0 Å². The lowest BCUT2D eigenvalue weighted by Crippen LogP contribution is -2.05. The third kappa shape index (κ3) is 3.16. The lowest BCUT2D eigenvalue weighted by atomic mass is 10.5. The molecule has 0 fully saturated rings. The minimum atomic E-state index is 0.248. The van der Waals surface area contributed by atoms with Crippen LogP contribution in [0.1, 0.15) is 13.3 Å². The Morgan fingerprint density at radius 2 is 2.28 bits per heavy atom. The van der Waals surface area contributed by atoms with Gasteiger partial charge in [0.05, 0.1) is 10.7 Å². The van der Waals surface area contributed by atoms with Gasteiger partial charge in [-0.2, -0.15) is 9.97 Å². The van der Waals surface area contributed by atoms with Crippen molar-refractivity contribution in [2.45, 2.75) is 13.3 Å². The van der Waals surface area contributed by atoms with Gasteiger partial charge >= 0.3 is 6.01 Å². The fraction of sp³-hybridized carbons (Fsp3) is 0.400. The van der Waals surface area contributed by atoms with Gasteiger partial charge in [-0.1, -0.05) is 6.92 Å². The van der Waals surface area contributed by atoms with Crippen molar-refractivity contribution in [3.05, 3.63) is 17.0 Å². The molecule has 7 nitrogen and oxygen atoms in total. The number of rotatable bonds is 5. The summed E-state index contributed by atoms with van der Waals surface area (Å²) in [5.74, 6) is 0.904. The zero-order chi connectivity index (χ0) is 13.0. The second-order valence-electron chi connectivity index (χ2n) is 3.58. The highest BCUT2D eigenvalue weighted by Crippen LogP contribution is 2.25. The molecule has 0 aliphatic heterocycles. The van der Waals surface area contributed by atoms with E-state index in [9.17, 15) is 0 Å². The van der Waals surface area contributed by atoms with Gasteiger partial charge in [-0.3, -0.25) is 4.68 Å². The maximum absolute atomic E-state index is 5.47. The van der Waals surface area contributed by atoms with E-state index in [2.05, 4.69) is 48.2 Å². The van der Waals surface area contributed by atoms with Crippen molar-refractivity contribution >= 4 is 21.9 Å². The molecular formula is C10H13BrN6O. The Morgan fingerprint density at radius 3 is 2.94 bits per heavy atom. The van der Waals surface area contributed by atoms with Crippen LogP contribution in [0, 0.1) is 0 Å². The predicted molar refractivity (Wildman–Crippen MR) is 69.6 cm³/mol. The van der Waals surface area contributed by atoms with E-state index < -0.39 is 0 Å². The standard InChI is InChI=1S/C10H13BrN6O/c1-3-4-12-9-13-5-7(11)8(15-9)18-10-14-6-17(2)16-10/h5-6H,3-4H2,1-2H3,(H,12,13,15). The number of anilines is 1. The van der Waals surface area contributed by atoms with Gasteiger partial charge in [0.15, 0.2) is 0 Å². The average molecular weight is 313 g/mol. The molecule has 0 aromatic carbocycles. The first kappa shape index (κ1) is 12.7. The van der Waals surface area contributed by atoms with Crippen LogP contribution in [0.3, 0.4) is 0 Å². The fourth-order valence-corrected chi connectivity index (χ4v) is 1.47. The minimum Gasteiger partial charge on any atom is -0.403 e. The van der Waals surface area contributed by atoms with Crippen molar-refractivity contribution in [2.24, 2.45) is 7.05 Å². The van der Waals surface area contributed by atoms with Crippen molar-refractivity contribution in [3.63, 3.8) is 0 Å². The average Bonchev–Trinajstić information content (AvgIpc) is 2.76. The van der Waals surface area contributed by atoms with Crippen LogP contribution in [0.4, 0.5) is 5.95 Å². The summed E-state index contributed by atoms with van der Waals surface area (Å²) in [4.78, 5) is 12.3. The van der Waals surface area contributed by atoms with Crippen LogP contribution >= 0.6 is 15.9 Å². The van der Waals surface area contributed by atoms with Crippen LogP contribution in [0.25, 0.3) is 0 Å². The molecule has 0 saturated carbocycles. The number of nitrogens with zero attached hydrogens (tertiary/aromatic N) is 5. The number of aryl methyl sites for hydroxylation is 1. The van der Waals surface area contributed by atoms with Crippen molar-refractivity contribution in [2.75, 3.05) is 11.9 Å². The van der Waals surface area contributed by atoms with E-state index in [1.165, 1.54) is 0 Å². The molecule has 0 aliphatic rings. The molecule has 0 atom stereocenters. The molecule has 2 heterocycles. The van der Waals surface area contributed by atoms with E-state index in [1.807, 2.05) is 0 Å². The van der Waals surface area contributed by atoms with Crippen LogP contribution in [0.5, 0.6) is 11.9 Å². The lowest BCUT2D eigenvalue weighted by molar-refractivity contribution is 0.419. The Morgan fingerprint density at radius 1 is 1.44 bits per heavy atom. The summed E-state index contributed by atoms with van der Waals surface area (Å²) in [7, 11) is 1.77. The van der Waals surface area contributed by atoms with Gasteiger partial charge in [-0.25, -0.2) is 4.98 Å². The maximum Gasteiger partial charge on any atom is 0.342 e. The molecular weight excluding hydrogens is 300 g/mol. The molecule has 0 amide bonds. The molecule has 18 heavy (non-hydrogen) atoms. The van der Waals surface area contributed by atoms with Crippen LogP contribution in [-0.4, -0.2) is 31.3 Å². The first-order valence-electron chi connectivity index (χ1n) is 5.49. The van der Waals surface area contributed by atoms with Crippen LogP contribution in [0.2, 0.25) is 0 Å². The Balaban J connectivity index is 2.15. The highest BCUT2D eigenvalue weighted by Gasteiger charge is 2.09. The molecule has 0 aliphatic carbocycles. The minimum absolute atomic E-state index is 0.248. The largest absolute Gasteiger partial charge is 0.403 e. The summed E-state index contributed by atoms with van der Waals surface area (Å²) >= 11 is 3.32. The summed E-state index contributed by atoms with van der Waals surface area (Å²) in [6.45, 7) is 2.88. The third-order valence-corrected chi connectivity index (χ3v) is 2.56. The SMILES string of the molecule is CCCNc1ncc(Br)c(Oc2ncn(C)n2)n1. The predicted octanol–water partition coefficient (Wildman–Crippen LogP) is 1.98. The lowest BCUT2D eigenvalue weighted by Gasteiger charge is -2.06. The van der Waals surface area contributed by atoms with Gasteiger partial charge < -0.3 is 10.1 Å². The molecule has 0 spiro atoms. The number of aromatic nitrogens is 5. The number of nitrogens with one attached hydrogen (secondary N) is 1. The van der Waals surface area contributed by atoms with E-state index in [0.717, 1.165) is 13.0 Å². The first-order chi connectivity index (χ1) is 8.69. The van der Waals surface area contributed by atoms with Crippen molar-refractivity contribution < 1.29 is 4.74 Å². The Hall–Kier alpha value is -1.70. The normalized spacial score (nSPS) is 10.4. The topological polar surface area (TPSA) is 77.8 Å². The molecule has 0 unspecified atom stereocenters. The number of hydrogen-bond donors (Lipinski definition) is 1. The fourth-order valence-electron chi connectivity index (χ4n) is 1.20. The number of ether oxygens (including phenoxy) is 1. The van der Waals surface area contributed by atoms with E-state index in [0.29, 0.717) is 16.3 Å². The van der Waals surface area contributed by atoms with Crippen molar-refractivity contribution in [3.8, 4) is 11.9 Å². The van der Waals surface area contributed by atoms with E-state index in [4.69, 9.17) is 4.74 Å². The van der Waals surface area contributed by atoms with Crippen LogP contribution in [0.15, 0.2) is 17.0 Å². The molecule has 0 radical (unpaired) electrons. The summed E-state index contributed by atoms with van der Waals surface area (Å²) < 4.78 is 7.68. The van der Waals surface area contributed by atoms with Gasteiger partial charge in [0, 0.05) is 13.6 Å². The number of hydrogen-bond acceptors (Lipinski definition) is 6. The zero-order valence-corrected chi connectivity index (χ0v) is 11.7. The molecule has 0 bridgehead atoms. The quantitative estimate of drug-likeness (QED) is 0.909. The summed E-state index contributed by atoms with van der Waals surface area (Å²) in [6, 6.07) is 0.248. The number of halogens is 1. The van der Waals surface area contributed by atoms with Crippen LogP contribution < -0.4 is 10.1 Å². The Labute approximate surface area is 113 Å². The maximum atomic E-state index is 5.47. The molecule has 2 aromatic heterocycles. The smallest absolute Gasteiger partial charge is 0.342 e. The van der Waals surface area contributed by atoms with Gasteiger partial charge in [0.2, 0.25) is 11.8 Å². The van der Waals surface area contributed by atoms with E-state index in [1.54, 1.807) is 24.3 Å². The monoisotopic (exact) mass is 312 g/mol. The van der Waals surface area contributed by atoms with Gasteiger partial charge in [0.1, 0.15) is 6.33 Å².